The van der Waals surface area contributed by atoms with Crippen LogP contribution in [0.3, 0.4) is 0 Å². The Morgan fingerprint density at radius 2 is 2.00 bits per heavy atom. The highest BCUT2D eigenvalue weighted by molar-refractivity contribution is 5.86. The zero-order chi connectivity index (χ0) is 10.2. The van der Waals surface area contributed by atoms with Crippen molar-refractivity contribution in [2.24, 2.45) is 5.73 Å². The monoisotopic (exact) mass is 234 g/mol. The number of carbonyl (C=O) groups excluding carboxylic acids is 1. The predicted molar refractivity (Wildman–Crippen MR) is 59.8 cm³/mol. The summed E-state index contributed by atoms with van der Waals surface area (Å²) >= 11 is 0. The Labute approximate surface area is 96.2 Å². The maximum atomic E-state index is 12.0. The number of halogens is 1. The number of nitrogens with zero attached hydrogens (tertiary/aromatic N) is 1. The molecule has 5 heteroatoms. The molecule has 1 saturated carbocycles. The van der Waals surface area contributed by atoms with E-state index in [1.54, 1.807) is 4.90 Å². The summed E-state index contributed by atoms with van der Waals surface area (Å²) in [5.74, 6) is 0.0477. The van der Waals surface area contributed by atoms with Crippen molar-refractivity contribution in [2.45, 2.75) is 43.7 Å². The van der Waals surface area contributed by atoms with Gasteiger partial charge >= 0.3 is 0 Å². The number of hydrogen-bond donors (Lipinski definition) is 2. The molecule has 1 heterocycles. The van der Waals surface area contributed by atoms with Crippen molar-refractivity contribution in [3.05, 3.63) is 0 Å². The molecular weight excluding hydrogens is 216 g/mol. The molecule has 0 unspecified atom stereocenters. The van der Waals surface area contributed by atoms with Gasteiger partial charge < -0.3 is 15.7 Å². The molecule has 0 radical (unpaired) electrons. The maximum Gasteiger partial charge on any atom is 0.242 e. The smallest absolute Gasteiger partial charge is 0.242 e. The van der Waals surface area contributed by atoms with Crippen molar-refractivity contribution >= 4 is 18.3 Å². The molecule has 1 amide bonds. The molecule has 0 bridgehead atoms. The fraction of sp³-hybridized carbons (Fsp3) is 0.900. The zero-order valence-electron chi connectivity index (χ0n) is 8.82. The van der Waals surface area contributed by atoms with Gasteiger partial charge in [0.2, 0.25) is 5.91 Å². The second-order valence-corrected chi connectivity index (χ2v) is 4.56. The van der Waals surface area contributed by atoms with Crippen LogP contribution in [-0.2, 0) is 4.79 Å². The fourth-order valence-corrected chi connectivity index (χ4v) is 2.46. The normalized spacial score (nSPS) is 28.9. The van der Waals surface area contributed by atoms with Gasteiger partial charge in [0.25, 0.3) is 0 Å². The number of amides is 1. The third-order valence-electron chi connectivity index (χ3n) is 3.37. The van der Waals surface area contributed by atoms with E-state index in [0.29, 0.717) is 19.5 Å². The standard InChI is InChI=1S/C10H18N2O2.ClH/c11-10(4-1-2-5-10)9(14)12-6-3-8(13)7-12;/h8,13H,1-7,11H2;1H/t8-;/m1./s1. The number of aliphatic hydroxyl groups excluding tert-OH is 1. The Morgan fingerprint density at radius 3 is 2.47 bits per heavy atom. The maximum absolute atomic E-state index is 12.0. The average molecular weight is 235 g/mol. The number of carbonyl (C=O) groups is 1. The summed E-state index contributed by atoms with van der Waals surface area (Å²) in [6.45, 7) is 1.14. The van der Waals surface area contributed by atoms with Gasteiger partial charge in [0.1, 0.15) is 0 Å². The third-order valence-corrected chi connectivity index (χ3v) is 3.37. The van der Waals surface area contributed by atoms with Crippen LogP contribution in [0.1, 0.15) is 32.1 Å². The van der Waals surface area contributed by atoms with Crippen molar-refractivity contribution in [3.8, 4) is 0 Å². The van der Waals surface area contributed by atoms with Crippen molar-refractivity contribution in [1.29, 1.82) is 0 Å². The number of likely N-dealkylation sites (tertiary alicyclic amines) is 1. The highest BCUT2D eigenvalue weighted by Crippen LogP contribution is 2.30. The van der Waals surface area contributed by atoms with Crippen LogP contribution >= 0.6 is 12.4 Å². The Balaban J connectivity index is 0.00000112. The Kier molecular flexibility index (Phi) is 3.98. The molecule has 88 valence electrons. The van der Waals surface area contributed by atoms with Crippen molar-refractivity contribution in [2.75, 3.05) is 13.1 Å². The number of aliphatic hydroxyl groups is 1. The first kappa shape index (κ1) is 12.7. The molecule has 1 saturated heterocycles. The first-order chi connectivity index (χ1) is 6.62. The molecule has 0 aromatic carbocycles. The van der Waals surface area contributed by atoms with Gasteiger partial charge in [-0.2, -0.15) is 0 Å². The summed E-state index contributed by atoms with van der Waals surface area (Å²) in [5, 5.41) is 9.34. The van der Waals surface area contributed by atoms with Crippen molar-refractivity contribution < 1.29 is 9.90 Å². The predicted octanol–water partition coefficient (Wildman–Crippen LogP) is 0.273. The molecule has 2 rings (SSSR count). The molecule has 0 aromatic rings. The second kappa shape index (κ2) is 4.68. The molecule has 0 aromatic heterocycles. The number of hydrogen-bond acceptors (Lipinski definition) is 3. The summed E-state index contributed by atoms with van der Waals surface area (Å²) < 4.78 is 0. The second-order valence-electron chi connectivity index (χ2n) is 4.56. The fourth-order valence-electron chi connectivity index (χ4n) is 2.46. The van der Waals surface area contributed by atoms with E-state index in [1.807, 2.05) is 0 Å². The topological polar surface area (TPSA) is 66.6 Å². The van der Waals surface area contributed by atoms with E-state index in [1.165, 1.54) is 0 Å². The lowest BCUT2D eigenvalue weighted by Gasteiger charge is -2.28. The van der Waals surface area contributed by atoms with Crippen LogP contribution in [0.2, 0.25) is 0 Å². The number of β-amino-alcohol motifs (C(OH)–C–C–N with tert-alkyl or cyclic N) is 1. The Morgan fingerprint density at radius 1 is 1.40 bits per heavy atom. The van der Waals surface area contributed by atoms with Crippen LogP contribution in [-0.4, -0.2) is 40.6 Å². The molecular formula is C10H19ClN2O2. The van der Waals surface area contributed by atoms with Gasteiger partial charge in [-0.15, -0.1) is 12.4 Å². The molecule has 2 fully saturated rings. The van der Waals surface area contributed by atoms with E-state index >= 15 is 0 Å². The van der Waals surface area contributed by atoms with E-state index in [-0.39, 0.29) is 24.4 Å². The molecule has 15 heavy (non-hydrogen) atoms. The molecule has 4 nitrogen and oxygen atoms in total. The SMILES string of the molecule is Cl.NC1(C(=O)N2CC[C@@H](O)C2)CCCC1. The van der Waals surface area contributed by atoms with Gasteiger partial charge in [-0.3, -0.25) is 4.79 Å². The molecule has 1 aliphatic heterocycles. The van der Waals surface area contributed by atoms with Crippen LogP contribution in [0.5, 0.6) is 0 Å². The lowest BCUT2D eigenvalue weighted by Crippen LogP contribution is -2.53. The minimum Gasteiger partial charge on any atom is -0.391 e. The van der Waals surface area contributed by atoms with Gasteiger partial charge in [-0.05, 0) is 19.3 Å². The van der Waals surface area contributed by atoms with Gasteiger partial charge in [-0.25, -0.2) is 0 Å². The molecule has 2 aliphatic rings. The van der Waals surface area contributed by atoms with E-state index in [0.717, 1.165) is 25.7 Å². The van der Waals surface area contributed by atoms with Crippen LogP contribution in [0.15, 0.2) is 0 Å². The zero-order valence-corrected chi connectivity index (χ0v) is 9.63. The first-order valence-corrected chi connectivity index (χ1v) is 5.38. The Hall–Kier alpha value is -0.320. The molecule has 1 atom stereocenters. The summed E-state index contributed by atoms with van der Waals surface area (Å²) in [6, 6.07) is 0. The summed E-state index contributed by atoms with van der Waals surface area (Å²) in [6.07, 6.45) is 4.07. The van der Waals surface area contributed by atoms with Crippen LogP contribution in [0.25, 0.3) is 0 Å². The third kappa shape index (κ3) is 2.44. The van der Waals surface area contributed by atoms with Crippen molar-refractivity contribution in [1.82, 2.24) is 4.90 Å². The highest BCUT2D eigenvalue weighted by Gasteiger charge is 2.41. The lowest BCUT2D eigenvalue weighted by atomic mass is 9.97. The number of rotatable bonds is 1. The minimum absolute atomic E-state index is 0. The van der Waals surface area contributed by atoms with Gasteiger partial charge in [-0.1, -0.05) is 12.8 Å². The van der Waals surface area contributed by atoms with E-state index < -0.39 is 5.54 Å². The van der Waals surface area contributed by atoms with E-state index in [2.05, 4.69) is 0 Å². The molecule has 0 spiro atoms. The lowest BCUT2D eigenvalue weighted by molar-refractivity contribution is -0.136. The van der Waals surface area contributed by atoms with Crippen LogP contribution in [0.4, 0.5) is 0 Å². The summed E-state index contributed by atoms with van der Waals surface area (Å²) in [5.41, 5.74) is 5.43. The Bertz CT molecular complexity index is 242. The summed E-state index contributed by atoms with van der Waals surface area (Å²) in [7, 11) is 0. The van der Waals surface area contributed by atoms with Gasteiger partial charge in [0.15, 0.2) is 0 Å². The largest absolute Gasteiger partial charge is 0.391 e. The highest BCUT2D eigenvalue weighted by atomic mass is 35.5. The first-order valence-electron chi connectivity index (χ1n) is 5.38. The quantitative estimate of drug-likeness (QED) is 0.685. The van der Waals surface area contributed by atoms with Gasteiger partial charge in [0, 0.05) is 13.1 Å². The molecule has 1 aliphatic carbocycles. The van der Waals surface area contributed by atoms with Crippen molar-refractivity contribution in [3.63, 3.8) is 0 Å². The van der Waals surface area contributed by atoms with E-state index in [4.69, 9.17) is 5.73 Å². The van der Waals surface area contributed by atoms with E-state index in [9.17, 15) is 9.90 Å². The average Bonchev–Trinajstić information content (AvgIpc) is 2.74. The summed E-state index contributed by atoms with van der Waals surface area (Å²) in [4.78, 5) is 13.7. The van der Waals surface area contributed by atoms with Gasteiger partial charge in [0.05, 0.1) is 11.6 Å². The number of nitrogens with two attached hydrogens (primary N) is 1. The van der Waals surface area contributed by atoms with Crippen LogP contribution < -0.4 is 5.73 Å². The molecule has 3 N–H and O–H groups in total. The van der Waals surface area contributed by atoms with Crippen LogP contribution in [0, 0.1) is 0 Å². The minimum atomic E-state index is -0.621.